The van der Waals surface area contributed by atoms with Crippen LogP contribution in [0.3, 0.4) is 0 Å². The fraction of sp³-hybridized carbons (Fsp3) is 0.233. The number of carboxylic acids is 1. The monoisotopic (exact) mass is 619 g/mol. The molecular formula is C30H22BrNO9. The van der Waals surface area contributed by atoms with Gasteiger partial charge in [-0.1, -0.05) is 17.7 Å². The molecule has 2 amide bonds. The zero-order chi connectivity index (χ0) is 29.3. The van der Waals surface area contributed by atoms with Crippen LogP contribution in [0.5, 0.6) is 17.2 Å². The highest BCUT2D eigenvalue weighted by Crippen LogP contribution is 2.56. The number of hydrogen-bond donors (Lipinski definition) is 3. The first-order chi connectivity index (χ1) is 19.5. The number of fused-ring (bicyclic) bond motifs is 3. The molecule has 11 heteroatoms. The van der Waals surface area contributed by atoms with E-state index in [0.717, 1.165) is 17.0 Å². The number of halogens is 1. The Morgan fingerprint density at radius 2 is 1.76 bits per heavy atom. The summed E-state index contributed by atoms with van der Waals surface area (Å²) in [5, 5.41) is 30.0. The first kappa shape index (κ1) is 26.7. The smallest absolute Gasteiger partial charge is 0.339 e. The Balaban J connectivity index is 1.46. The zero-order valence-electron chi connectivity index (χ0n) is 21.5. The molecule has 41 heavy (non-hydrogen) atoms. The molecule has 1 aliphatic heterocycles. The lowest BCUT2D eigenvalue weighted by Crippen LogP contribution is -2.39. The Kier molecular flexibility index (Phi) is 6.22. The standard InChI is InChI=1S/C30H22BrNO9/c1-41-23-7-2-12(8-21(23)34)24-14-5-6-16-25(17(14)10-18-26(24)22(35)11-19(31)27(18)36)29(38)32(28(16)37)13-3-4-15(30(39)40)20(33)9-13/h2-5,7-9,11,16-17,24-25,33-34H,6,10H2,1H3,(H,39,40). The lowest BCUT2D eigenvalue weighted by atomic mass is 9.59. The minimum absolute atomic E-state index is 0.0420. The van der Waals surface area contributed by atoms with Crippen molar-refractivity contribution in [2.75, 3.05) is 12.0 Å². The summed E-state index contributed by atoms with van der Waals surface area (Å²) in [6.07, 6.45) is 3.32. The SMILES string of the molecule is COc1ccc(C2C3=CCC4C(=O)N(c5ccc(C(=O)O)c(O)c5)C(=O)C4C3CC3=C2C(=O)C=C(Br)C3=O)cc1O. The molecule has 0 spiro atoms. The number of phenolic OH excluding ortho intramolecular Hbond substituents is 1. The molecule has 4 atom stereocenters. The second-order valence-corrected chi connectivity index (χ2v) is 11.2. The Labute approximate surface area is 241 Å². The fourth-order valence-electron chi connectivity index (χ4n) is 6.57. The number of methoxy groups -OCH3 is 1. The Hall–Kier alpha value is -4.51. The van der Waals surface area contributed by atoms with Crippen molar-refractivity contribution in [2.45, 2.75) is 18.8 Å². The number of ether oxygens (including phenoxy) is 1. The number of nitrogens with zero attached hydrogens (tertiary/aromatic N) is 1. The van der Waals surface area contributed by atoms with Gasteiger partial charge in [0, 0.05) is 29.2 Å². The van der Waals surface area contributed by atoms with Gasteiger partial charge in [0.1, 0.15) is 11.3 Å². The van der Waals surface area contributed by atoms with Crippen LogP contribution in [-0.4, -0.2) is 51.8 Å². The molecule has 1 fully saturated rings. The van der Waals surface area contributed by atoms with Crippen molar-refractivity contribution in [3.8, 4) is 17.2 Å². The van der Waals surface area contributed by atoms with Gasteiger partial charge in [-0.15, -0.1) is 0 Å². The number of carbonyl (C=O) groups is 5. The van der Waals surface area contributed by atoms with Crippen molar-refractivity contribution in [3.05, 3.63) is 80.9 Å². The maximum atomic E-state index is 13.9. The molecule has 0 bridgehead atoms. The number of amides is 2. The molecule has 10 nitrogen and oxygen atoms in total. The number of carbonyl (C=O) groups excluding carboxylic acids is 4. The van der Waals surface area contributed by atoms with Gasteiger partial charge in [-0.3, -0.25) is 19.2 Å². The van der Waals surface area contributed by atoms with Crippen LogP contribution in [0.2, 0.25) is 0 Å². The quantitative estimate of drug-likeness (QED) is 0.263. The summed E-state index contributed by atoms with van der Waals surface area (Å²) < 4.78 is 5.27. The van der Waals surface area contributed by atoms with Gasteiger partial charge in [0.25, 0.3) is 0 Å². The highest BCUT2D eigenvalue weighted by Gasteiger charge is 2.56. The third kappa shape index (κ3) is 3.94. The van der Waals surface area contributed by atoms with E-state index < -0.39 is 47.2 Å². The van der Waals surface area contributed by atoms with Gasteiger partial charge >= 0.3 is 5.97 Å². The minimum Gasteiger partial charge on any atom is -0.507 e. The van der Waals surface area contributed by atoms with Gasteiger partial charge in [0.15, 0.2) is 23.1 Å². The summed E-state index contributed by atoms with van der Waals surface area (Å²) >= 11 is 3.18. The molecule has 4 aliphatic rings. The van der Waals surface area contributed by atoms with Crippen LogP contribution in [0.25, 0.3) is 0 Å². The molecule has 2 aromatic rings. The fourth-order valence-corrected chi connectivity index (χ4v) is 7.01. The summed E-state index contributed by atoms with van der Waals surface area (Å²) in [4.78, 5) is 66.4. The van der Waals surface area contributed by atoms with Crippen molar-refractivity contribution in [1.82, 2.24) is 0 Å². The van der Waals surface area contributed by atoms with Crippen molar-refractivity contribution in [3.63, 3.8) is 0 Å². The molecular weight excluding hydrogens is 598 g/mol. The summed E-state index contributed by atoms with van der Waals surface area (Å²) in [5.41, 5.74) is 1.42. The number of hydrogen-bond acceptors (Lipinski definition) is 8. The minimum atomic E-state index is -1.36. The summed E-state index contributed by atoms with van der Waals surface area (Å²) in [7, 11) is 1.41. The van der Waals surface area contributed by atoms with Crippen LogP contribution in [0.4, 0.5) is 5.69 Å². The predicted octanol–water partition coefficient (Wildman–Crippen LogP) is 3.77. The van der Waals surface area contributed by atoms with E-state index in [4.69, 9.17) is 4.74 Å². The summed E-state index contributed by atoms with van der Waals surface area (Å²) in [5.74, 6) is -6.61. The van der Waals surface area contributed by atoms with E-state index in [0.29, 0.717) is 11.1 Å². The molecule has 208 valence electrons. The van der Waals surface area contributed by atoms with Crippen LogP contribution in [0.15, 0.2) is 69.8 Å². The van der Waals surface area contributed by atoms with Gasteiger partial charge in [-0.05, 0) is 64.5 Å². The van der Waals surface area contributed by atoms with E-state index in [1.54, 1.807) is 12.1 Å². The number of benzene rings is 2. The number of phenols is 2. The van der Waals surface area contributed by atoms with Gasteiger partial charge in [-0.25, -0.2) is 9.69 Å². The zero-order valence-corrected chi connectivity index (χ0v) is 23.0. The van der Waals surface area contributed by atoms with Crippen molar-refractivity contribution in [1.29, 1.82) is 0 Å². The molecule has 3 N–H and O–H groups in total. The molecule has 6 rings (SSSR count). The molecule has 0 aromatic heterocycles. The molecule has 3 aliphatic carbocycles. The van der Waals surface area contributed by atoms with Crippen LogP contribution in [-0.2, 0) is 19.2 Å². The number of aromatic hydroxyl groups is 2. The number of Topliss-reactive ketones (excluding diaryl/α,β-unsaturated/α-hetero) is 1. The molecule has 0 radical (unpaired) electrons. The predicted molar refractivity (Wildman–Crippen MR) is 147 cm³/mol. The number of carboxylic acid groups (broad SMARTS) is 1. The van der Waals surface area contributed by atoms with Crippen molar-refractivity contribution >= 4 is 51.0 Å². The lowest BCUT2D eigenvalue weighted by molar-refractivity contribution is -0.123. The maximum absolute atomic E-state index is 13.9. The summed E-state index contributed by atoms with van der Waals surface area (Å²) in [6.45, 7) is 0. The van der Waals surface area contributed by atoms with E-state index in [2.05, 4.69) is 15.9 Å². The number of aromatic carboxylic acids is 1. The third-order valence-electron chi connectivity index (χ3n) is 8.34. The van der Waals surface area contributed by atoms with Gasteiger partial charge in [-0.2, -0.15) is 0 Å². The second kappa shape index (κ2) is 9.55. The van der Waals surface area contributed by atoms with Crippen LogP contribution in [0, 0.1) is 17.8 Å². The van der Waals surface area contributed by atoms with E-state index in [1.807, 2.05) is 6.08 Å². The van der Waals surface area contributed by atoms with E-state index in [-0.39, 0.29) is 62.8 Å². The second-order valence-electron chi connectivity index (χ2n) is 10.3. The Morgan fingerprint density at radius 3 is 2.41 bits per heavy atom. The average Bonchev–Trinajstić information content (AvgIpc) is 3.19. The van der Waals surface area contributed by atoms with Gasteiger partial charge in [0.05, 0.1) is 29.1 Å². The number of anilines is 1. The highest BCUT2D eigenvalue weighted by atomic mass is 79.9. The Morgan fingerprint density at radius 1 is 1.00 bits per heavy atom. The largest absolute Gasteiger partial charge is 0.507 e. The van der Waals surface area contributed by atoms with Crippen molar-refractivity contribution in [2.24, 2.45) is 17.8 Å². The van der Waals surface area contributed by atoms with Crippen molar-refractivity contribution < 1.29 is 44.0 Å². The average molecular weight is 620 g/mol. The van der Waals surface area contributed by atoms with Crippen LogP contribution in [0.1, 0.15) is 34.7 Å². The number of ketones is 2. The van der Waals surface area contributed by atoms with Crippen LogP contribution >= 0.6 is 15.9 Å². The van der Waals surface area contributed by atoms with E-state index in [9.17, 15) is 39.3 Å². The first-order valence-corrected chi connectivity index (χ1v) is 13.5. The number of rotatable bonds is 4. The maximum Gasteiger partial charge on any atom is 0.339 e. The molecule has 1 saturated heterocycles. The van der Waals surface area contributed by atoms with Crippen LogP contribution < -0.4 is 9.64 Å². The normalized spacial score (nSPS) is 25.4. The highest BCUT2D eigenvalue weighted by molar-refractivity contribution is 9.12. The molecule has 2 aromatic carbocycles. The third-order valence-corrected chi connectivity index (χ3v) is 8.93. The number of allylic oxidation sites excluding steroid dienone is 6. The van der Waals surface area contributed by atoms with Gasteiger partial charge < -0.3 is 20.1 Å². The Bertz CT molecular complexity index is 1700. The lowest BCUT2D eigenvalue weighted by Gasteiger charge is -2.42. The van der Waals surface area contributed by atoms with Gasteiger partial charge in [0.2, 0.25) is 11.8 Å². The summed E-state index contributed by atoms with van der Waals surface area (Å²) in [6, 6.07) is 8.20. The molecule has 1 heterocycles. The van der Waals surface area contributed by atoms with E-state index >= 15 is 0 Å². The number of imide groups is 1. The topological polar surface area (TPSA) is 159 Å². The van der Waals surface area contributed by atoms with E-state index in [1.165, 1.54) is 25.3 Å². The molecule has 0 saturated carbocycles. The first-order valence-electron chi connectivity index (χ1n) is 12.7. The molecule has 4 unspecified atom stereocenters.